The van der Waals surface area contributed by atoms with Gasteiger partial charge in [-0.1, -0.05) is 71.1 Å². The van der Waals surface area contributed by atoms with E-state index in [4.69, 9.17) is 0 Å². The Kier molecular flexibility index (Phi) is 10.5. The number of nitrogens with zero attached hydrogens (tertiary/aromatic N) is 2. The van der Waals surface area contributed by atoms with Gasteiger partial charge in [0.1, 0.15) is 12.6 Å². The second kappa shape index (κ2) is 12.2. The standard InChI is InChI=1S/C18H32N2O3/c1-2-3-4-5-6-7-8-9-10-11-12-16(21)17(18(22)23)20-14-13-19-15-20/h16-17,21H,2-14H2,1H3/p+1/t16-,17?/m1/s1. The van der Waals surface area contributed by atoms with Crippen LogP contribution >= 0.6 is 0 Å². The zero-order chi connectivity index (χ0) is 16.9. The van der Waals surface area contributed by atoms with Gasteiger partial charge in [-0.2, -0.15) is 9.74 Å². The lowest BCUT2D eigenvalue weighted by atomic mass is 10.0. The summed E-state index contributed by atoms with van der Waals surface area (Å²) in [5.41, 5.74) is 0. The second-order valence-corrected chi connectivity index (χ2v) is 6.50. The van der Waals surface area contributed by atoms with Crippen LogP contribution in [0.25, 0.3) is 4.85 Å². The first-order valence-corrected chi connectivity index (χ1v) is 9.26. The minimum absolute atomic E-state index is 0.533. The monoisotopic (exact) mass is 325 g/mol. The summed E-state index contributed by atoms with van der Waals surface area (Å²) in [7, 11) is 0. The molecule has 23 heavy (non-hydrogen) atoms. The van der Waals surface area contributed by atoms with Gasteiger partial charge in [0.05, 0.1) is 0 Å². The molecule has 0 spiro atoms. The number of carboxylic acids is 1. The predicted molar refractivity (Wildman–Crippen MR) is 92.7 cm³/mol. The highest BCUT2D eigenvalue weighted by Gasteiger charge is 2.38. The number of carboxylic acid groups (broad SMARTS) is 1. The van der Waals surface area contributed by atoms with E-state index in [0.29, 0.717) is 19.5 Å². The molecule has 0 amide bonds. The Morgan fingerprint density at radius 3 is 2.13 bits per heavy atom. The Morgan fingerprint density at radius 1 is 1.09 bits per heavy atom. The van der Waals surface area contributed by atoms with Crippen molar-refractivity contribution in [2.75, 3.05) is 13.1 Å². The van der Waals surface area contributed by atoms with Crippen LogP contribution in [0.5, 0.6) is 0 Å². The van der Waals surface area contributed by atoms with Crippen LogP contribution in [0.4, 0.5) is 0 Å². The molecule has 5 heteroatoms. The van der Waals surface area contributed by atoms with Gasteiger partial charge in [-0.25, -0.2) is 4.79 Å². The van der Waals surface area contributed by atoms with E-state index >= 15 is 0 Å². The number of carbonyl (C=O) groups is 1. The Morgan fingerprint density at radius 2 is 1.65 bits per heavy atom. The Labute approximate surface area is 140 Å². The molecule has 1 aliphatic heterocycles. The van der Waals surface area contributed by atoms with Crippen molar-refractivity contribution in [2.45, 2.75) is 89.7 Å². The van der Waals surface area contributed by atoms with Crippen LogP contribution in [-0.4, -0.2) is 46.3 Å². The number of unbranched alkanes of at least 4 members (excludes halogenated alkanes) is 9. The molecule has 0 saturated carbocycles. The maximum atomic E-state index is 11.3. The molecular weight excluding hydrogens is 292 g/mol. The molecule has 1 aliphatic rings. The highest BCUT2D eigenvalue weighted by molar-refractivity contribution is 5.74. The summed E-state index contributed by atoms with van der Waals surface area (Å²) in [5.74, 6) is -0.992. The van der Waals surface area contributed by atoms with E-state index in [1.807, 2.05) is 0 Å². The Hall–Kier alpha value is -1.28. The largest absolute Gasteiger partial charge is 0.478 e. The molecule has 1 unspecified atom stereocenters. The summed E-state index contributed by atoms with van der Waals surface area (Å²) in [4.78, 5) is 16.8. The maximum absolute atomic E-state index is 11.3. The zero-order valence-electron chi connectivity index (χ0n) is 14.5. The van der Waals surface area contributed by atoms with Gasteiger partial charge >= 0.3 is 12.2 Å². The summed E-state index contributed by atoms with van der Waals surface area (Å²) in [5, 5.41) is 19.4. The van der Waals surface area contributed by atoms with Crippen molar-refractivity contribution in [3.8, 4) is 6.19 Å². The Balaban J connectivity index is 2.05. The summed E-state index contributed by atoms with van der Waals surface area (Å²) >= 11 is 0. The molecule has 0 saturated heterocycles. The van der Waals surface area contributed by atoms with E-state index in [2.05, 4.69) is 18.0 Å². The van der Waals surface area contributed by atoms with Crippen molar-refractivity contribution in [1.29, 1.82) is 0 Å². The number of aliphatic carboxylic acids is 1. The zero-order valence-corrected chi connectivity index (χ0v) is 14.5. The molecule has 132 valence electrons. The number of rotatable bonds is 14. The lowest BCUT2D eigenvalue weighted by Gasteiger charge is -2.19. The molecule has 0 aliphatic carbocycles. The SMILES string of the molecule is CCCCCCCCCCCC[C@@H](O)C(C(=O)O)N1C#[N+]CC1. The van der Waals surface area contributed by atoms with Crippen LogP contribution in [0.3, 0.4) is 0 Å². The average molecular weight is 325 g/mol. The van der Waals surface area contributed by atoms with Gasteiger partial charge in [-0.15, -0.1) is 0 Å². The van der Waals surface area contributed by atoms with Gasteiger partial charge in [0.15, 0.2) is 0 Å². The van der Waals surface area contributed by atoms with Gasteiger partial charge in [-0.05, 0) is 6.42 Å². The number of aliphatic hydroxyl groups excluding tert-OH is 1. The van der Waals surface area contributed by atoms with Crippen molar-refractivity contribution in [2.24, 2.45) is 0 Å². The van der Waals surface area contributed by atoms with Gasteiger partial charge in [0.25, 0.3) is 0 Å². The topological polar surface area (TPSA) is 65.1 Å². The third-order valence-corrected chi connectivity index (χ3v) is 4.46. The van der Waals surface area contributed by atoms with E-state index in [1.54, 1.807) is 0 Å². The third kappa shape index (κ3) is 8.22. The highest BCUT2D eigenvalue weighted by Crippen LogP contribution is 2.16. The average Bonchev–Trinajstić information content (AvgIpc) is 3.03. The fourth-order valence-electron chi connectivity index (χ4n) is 3.05. The first kappa shape index (κ1) is 19.8. The van der Waals surface area contributed by atoms with Crippen LogP contribution in [0.15, 0.2) is 0 Å². The molecule has 0 fully saturated rings. The minimum Gasteiger partial charge on any atom is -0.478 e. The van der Waals surface area contributed by atoms with E-state index in [1.165, 1.54) is 56.3 Å². The van der Waals surface area contributed by atoms with Crippen molar-refractivity contribution >= 4 is 5.97 Å². The normalized spacial score (nSPS) is 16.0. The number of hydrogen-bond acceptors (Lipinski definition) is 3. The van der Waals surface area contributed by atoms with Gasteiger partial charge in [-0.3, -0.25) is 0 Å². The first-order valence-electron chi connectivity index (χ1n) is 9.26. The molecule has 0 aromatic heterocycles. The highest BCUT2D eigenvalue weighted by atomic mass is 16.4. The molecule has 2 N–H and O–H groups in total. The number of hydrogen-bond donors (Lipinski definition) is 2. The molecule has 1 heterocycles. The number of aliphatic hydroxyl groups is 1. The summed E-state index contributed by atoms with van der Waals surface area (Å²) < 4.78 is 0. The molecule has 5 nitrogen and oxygen atoms in total. The van der Waals surface area contributed by atoms with Crippen molar-refractivity contribution in [3.63, 3.8) is 0 Å². The minimum atomic E-state index is -0.992. The van der Waals surface area contributed by atoms with E-state index in [0.717, 1.165) is 12.8 Å². The van der Waals surface area contributed by atoms with Crippen molar-refractivity contribution < 1.29 is 15.0 Å². The molecular formula is C18H33N2O3+. The molecule has 0 aromatic carbocycles. The lowest BCUT2D eigenvalue weighted by molar-refractivity contribution is -0.146. The summed E-state index contributed by atoms with van der Waals surface area (Å²) in [6.07, 6.45) is 14.7. The van der Waals surface area contributed by atoms with Crippen LogP contribution in [0.2, 0.25) is 0 Å². The van der Waals surface area contributed by atoms with E-state index in [9.17, 15) is 15.0 Å². The first-order chi connectivity index (χ1) is 11.2. The fraction of sp³-hybridized carbons (Fsp3) is 0.889. The second-order valence-electron chi connectivity index (χ2n) is 6.50. The van der Waals surface area contributed by atoms with Crippen molar-refractivity contribution in [3.05, 3.63) is 4.85 Å². The fourth-order valence-corrected chi connectivity index (χ4v) is 3.05. The van der Waals surface area contributed by atoms with Crippen LogP contribution in [0.1, 0.15) is 77.6 Å². The summed E-state index contributed by atoms with van der Waals surface area (Å²) in [6, 6.07) is -0.903. The van der Waals surface area contributed by atoms with Crippen LogP contribution in [-0.2, 0) is 4.79 Å². The molecule has 0 aromatic rings. The van der Waals surface area contributed by atoms with Gasteiger partial charge in [0.2, 0.25) is 12.6 Å². The Bertz CT molecular complexity index is 389. The van der Waals surface area contributed by atoms with Crippen LogP contribution < -0.4 is 0 Å². The van der Waals surface area contributed by atoms with Gasteiger partial charge in [0, 0.05) is 0 Å². The molecule has 0 bridgehead atoms. The quantitative estimate of drug-likeness (QED) is 0.377. The summed E-state index contributed by atoms with van der Waals surface area (Å²) in [6.45, 7) is 3.33. The third-order valence-electron chi connectivity index (χ3n) is 4.46. The van der Waals surface area contributed by atoms with E-state index < -0.39 is 18.1 Å². The predicted octanol–water partition coefficient (Wildman–Crippen LogP) is 3.72. The van der Waals surface area contributed by atoms with Crippen LogP contribution in [0, 0.1) is 6.19 Å². The maximum Gasteiger partial charge on any atom is 0.372 e. The lowest BCUT2D eigenvalue weighted by Crippen LogP contribution is -2.46. The van der Waals surface area contributed by atoms with E-state index in [-0.39, 0.29) is 0 Å². The molecule has 1 rings (SSSR count). The smallest absolute Gasteiger partial charge is 0.372 e. The molecule has 2 atom stereocenters. The van der Waals surface area contributed by atoms with Gasteiger partial charge < -0.3 is 10.2 Å². The van der Waals surface area contributed by atoms with Crippen molar-refractivity contribution in [1.82, 2.24) is 4.90 Å². The molecule has 0 radical (unpaired) electrons.